The molecule has 1 atom stereocenters. The normalized spacial score (nSPS) is 15.3. The third-order valence-electron chi connectivity index (χ3n) is 6.85. The molecule has 2 aromatic carbocycles. The second-order valence-corrected chi connectivity index (χ2v) is 9.58. The van der Waals surface area contributed by atoms with Crippen molar-refractivity contribution in [2.75, 3.05) is 42.7 Å². The van der Waals surface area contributed by atoms with Crippen LogP contribution < -0.4 is 21.1 Å². The number of nitrogens with zero attached hydrogens (tertiary/aromatic N) is 6. The first kappa shape index (κ1) is 26.0. The van der Waals surface area contributed by atoms with Crippen molar-refractivity contribution in [1.82, 2.24) is 24.4 Å². The predicted molar refractivity (Wildman–Crippen MR) is 150 cm³/mol. The monoisotopic (exact) mass is 528 g/mol. The van der Waals surface area contributed by atoms with E-state index in [9.17, 15) is 14.0 Å². The molecule has 1 aliphatic heterocycles. The molecule has 1 amide bonds. The molecule has 0 radical (unpaired) electrons. The van der Waals surface area contributed by atoms with Gasteiger partial charge in [0.15, 0.2) is 5.65 Å². The Morgan fingerprint density at radius 3 is 2.77 bits per heavy atom. The summed E-state index contributed by atoms with van der Waals surface area (Å²) in [5.41, 5.74) is 2.41. The first-order valence-corrected chi connectivity index (χ1v) is 12.5. The van der Waals surface area contributed by atoms with Crippen LogP contribution in [0.4, 0.5) is 27.4 Å². The van der Waals surface area contributed by atoms with Crippen molar-refractivity contribution in [1.29, 1.82) is 0 Å². The van der Waals surface area contributed by atoms with E-state index in [1.807, 2.05) is 19.2 Å². The fraction of sp³-hybridized carbons (Fsp3) is 0.250. The highest BCUT2D eigenvalue weighted by Crippen LogP contribution is 2.32. The van der Waals surface area contributed by atoms with Crippen LogP contribution in [0.25, 0.3) is 16.7 Å². The lowest BCUT2D eigenvalue weighted by atomic mass is 10.1. The second-order valence-electron chi connectivity index (χ2n) is 9.58. The van der Waals surface area contributed by atoms with Crippen LogP contribution >= 0.6 is 0 Å². The number of hydrogen-bond donors (Lipinski definition) is 2. The van der Waals surface area contributed by atoms with Crippen molar-refractivity contribution in [2.45, 2.75) is 19.4 Å². The quantitative estimate of drug-likeness (QED) is 0.350. The van der Waals surface area contributed by atoms with Gasteiger partial charge in [0.2, 0.25) is 11.9 Å². The summed E-state index contributed by atoms with van der Waals surface area (Å²) in [4.78, 5) is 42.2. The van der Waals surface area contributed by atoms with Gasteiger partial charge in [0.25, 0.3) is 5.56 Å². The molecule has 3 heterocycles. The van der Waals surface area contributed by atoms with Crippen LogP contribution in [0.3, 0.4) is 0 Å². The largest absolute Gasteiger partial charge is 0.369 e. The number of benzene rings is 2. The topological polar surface area (TPSA) is 108 Å². The molecule has 1 fully saturated rings. The maximum atomic E-state index is 14.0. The lowest BCUT2D eigenvalue weighted by Gasteiger charge is -2.29. The van der Waals surface area contributed by atoms with E-state index in [-0.39, 0.29) is 22.9 Å². The number of fused-ring (bicyclic) bond motifs is 1. The number of rotatable bonds is 7. The van der Waals surface area contributed by atoms with Crippen LogP contribution in [0.1, 0.15) is 12.2 Å². The summed E-state index contributed by atoms with van der Waals surface area (Å²) >= 11 is 0. The van der Waals surface area contributed by atoms with Gasteiger partial charge in [-0.25, -0.2) is 9.37 Å². The Labute approximate surface area is 224 Å². The molecule has 0 aliphatic carbocycles. The summed E-state index contributed by atoms with van der Waals surface area (Å²) < 4.78 is 15.6. The molecule has 0 spiro atoms. The molecule has 1 aliphatic rings. The van der Waals surface area contributed by atoms with Crippen molar-refractivity contribution in [3.8, 4) is 5.69 Å². The lowest BCUT2D eigenvalue weighted by molar-refractivity contribution is -0.111. The van der Waals surface area contributed by atoms with E-state index in [0.29, 0.717) is 28.9 Å². The molecule has 2 N–H and O–H groups in total. The number of aromatic nitrogens is 4. The summed E-state index contributed by atoms with van der Waals surface area (Å²) in [6.07, 6.45) is 3.64. The van der Waals surface area contributed by atoms with Gasteiger partial charge < -0.3 is 20.4 Å². The van der Waals surface area contributed by atoms with Crippen LogP contribution in [0.2, 0.25) is 0 Å². The standard InChI is InChI=1S/C28H29FN8O2/c1-5-25(38)33-23-14-19(9-10-24(23)36(4)21-11-12-35(3)16-21)32-28-30-15-22-26(34-28)37(17(2)31-27(22)39)20-8-6-7-18(29)13-20/h5-10,13-15,21H,1,11-12,16H2,2-4H3,(H,33,38)(H,30,32,34). The van der Waals surface area contributed by atoms with Crippen LogP contribution in [0.15, 0.2) is 66.1 Å². The van der Waals surface area contributed by atoms with Gasteiger partial charge in [-0.3, -0.25) is 14.2 Å². The molecule has 1 saturated heterocycles. The molecule has 4 aromatic rings. The summed E-state index contributed by atoms with van der Waals surface area (Å²) in [7, 11) is 4.11. The van der Waals surface area contributed by atoms with Gasteiger partial charge in [0.05, 0.1) is 17.1 Å². The highest BCUT2D eigenvalue weighted by Gasteiger charge is 2.25. The van der Waals surface area contributed by atoms with Gasteiger partial charge in [-0.2, -0.15) is 9.97 Å². The SMILES string of the molecule is C=CC(=O)Nc1cc(Nc2ncc3c(=O)nc(C)n(-c4cccc(F)c4)c3n2)ccc1N(C)C1CCN(C)C1. The average Bonchev–Trinajstić information content (AvgIpc) is 3.34. The number of likely N-dealkylation sites (tertiary alicyclic amines) is 1. The van der Waals surface area contributed by atoms with E-state index in [1.165, 1.54) is 24.4 Å². The molecule has 2 aromatic heterocycles. The van der Waals surface area contributed by atoms with E-state index in [0.717, 1.165) is 25.2 Å². The van der Waals surface area contributed by atoms with E-state index in [1.54, 1.807) is 29.7 Å². The first-order valence-electron chi connectivity index (χ1n) is 12.5. The minimum absolute atomic E-state index is 0.202. The Morgan fingerprint density at radius 2 is 2.05 bits per heavy atom. The van der Waals surface area contributed by atoms with Crippen LogP contribution in [0, 0.1) is 12.7 Å². The number of anilines is 4. The third-order valence-corrected chi connectivity index (χ3v) is 6.85. The number of nitrogens with one attached hydrogen (secondary N) is 2. The van der Waals surface area contributed by atoms with Crippen molar-refractivity contribution in [3.63, 3.8) is 0 Å². The van der Waals surface area contributed by atoms with Crippen molar-refractivity contribution < 1.29 is 9.18 Å². The number of likely N-dealkylation sites (N-methyl/N-ethyl adjacent to an activating group) is 2. The zero-order chi connectivity index (χ0) is 27.7. The van der Waals surface area contributed by atoms with Crippen molar-refractivity contribution in [2.24, 2.45) is 0 Å². The molecule has 39 heavy (non-hydrogen) atoms. The highest BCUT2D eigenvalue weighted by molar-refractivity contribution is 6.01. The number of carbonyl (C=O) groups is 1. The summed E-state index contributed by atoms with van der Waals surface area (Å²) in [6, 6.07) is 11.9. The number of halogens is 1. The summed E-state index contributed by atoms with van der Waals surface area (Å²) in [5.74, 6) is -0.164. The lowest BCUT2D eigenvalue weighted by Crippen LogP contribution is -2.34. The van der Waals surface area contributed by atoms with Gasteiger partial charge in [-0.05, 0) is 69.4 Å². The number of hydrogen-bond acceptors (Lipinski definition) is 8. The Morgan fingerprint density at radius 1 is 1.23 bits per heavy atom. The number of amides is 1. The molecule has 200 valence electrons. The maximum absolute atomic E-state index is 14.0. The third kappa shape index (κ3) is 5.34. The van der Waals surface area contributed by atoms with Crippen LogP contribution in [-0.2, 0) is 4.79 Å². The minimum atomic E-state index is -0.471. The fourth-order valence-corrected chi connectivity index (χ4v) is 4.85. The second kappa shape index (κ2) is 10.6. The fourth-order valence-electron chi connectivity index (χ4n) is 4.85. The van der Waals surface area contributed by atoms with Crippen molar-refractivity contribution >= 4 is 40.0 Å². The van der Waals surface area contributed by atoms with Crippen LogP contribution in [-0.4, -0.2) is 63.6 Å². The minimum Gasteiger partial charge on any atom is -0.369 e. The van der Waals surface area contributed by atoms with Gasteiger partial charge in [-0.1, -0.05) is 12.6 Å². The van der Waals surface area contributed by atoms with E-state index >= 15 is 0 Å². The maximum Gasteiger partial charge on any atom is 0.284 e. The highest BCUT2D eigenvalue weighted by atomic mass is 19.1. The van der Waals surface area contributed by atoms with E-state index in [4.69, 9.17) is 0 Å². The zero-order valence-electron chi connectivity index (χ0n) is 22.0. The Hall–Kier alpha value is -4.64. The van der Waals surface area contributed by atoms with Gasteiger partial charge in [0.1, 0.15) is 17.0 Å². The average molecular weight is 529 g/mol. The van der Waals surface area contributed by atoms with Gasteiger partial charge in [0, 0.05) is 31.5 Å². The zero-order valence-corrected chi connectivity index (χ0v) is 22.0. The molecule has 10 nitrogen and oxygen atoms in total. The summed E-state index contributed by atoms with van der Waals surface area (Å²) in [6.45, 7) is 7.17. The molecular formula is C28H29FN8O2. The predicted octanol–water partition coefficient (Wildman–Crippen LogP) is 3.63. The summed E-state index contributed by atoms with van der Waals surface area (Å²) in [5, 5.41) is 6.27. The van der Waals surface area contributed by atoms with Crippen LogP contribution in [0.5, 0.6) is 0 Å². The van der Waals surface area contributed by atoms with E-state index in [2.05, 4.69) is 49.0 Å². The molecule has 0 bridgehead atoms. The Bertz CT molecular complexity index is 1640. The Balaban J connectivity index is 1.53. The molecule has 5 rings (SSSR count). The number of aryl methyl sites for hydroxylation is 1. The smallest absolute Gasteiger partial charge is 0.284 e. The van der Waals surface area contributed by atoms with Crippen molar-refractivity contribution in [3.05, 3.63) is 83.3 Å². The molecule has 1 unspecified atom stereocenters. The first-order chi connectivity index (χ1) is 18.7. The van der Waals surface area contributed by atoms with Gasteiger partial charge in [-0.15, -0.1) is 0 Å². The van der Waals surface area contributed by atoms with E-state index < -0.39 is 11.4 Å². The number of carbonyl (C=O) groups excluding carboxylic acids is 1. The molecule has 11 heteroatoms. The van der Waals surface area contributed by atoms with Gasteiger partial charge >= 0.3 is 0 Å². The molecular weight excluding hydrogens is 499 g/mol. The molecule has 0 saturated carbocycles. The Kier molecular flexibility index (Phi) is 7.07.